The molecule has 0 aromatic carbocycles. The first-order valence-electron chi connectivity index (χ1n) is 4.07. The fraction of sp³-hybridized carbons (Fsp3) is 0.625. The zero-order chi connectivity index (χ0) is 8.10. The summed E-state index contributed by atoms with van der Waals surface area (Å²) in [5, 5.41) is 5.78. The molecule has 1 heterocycles. The van der Waals surface area contributed by atoms with Crippen molar-refractivity contribution in [2.24, 2.45) is 0 Å². The second-order valence-electron chi connectivity index (χ2n) is 2.61. The molecule has 0 fully saturated rings. The minimum absolute atomic E-state index is 0.0288. The molecule has 0 aromatic heterocycles. The van der Waals surface area contributed by atoms with Gasteiger partial charge >= 0.3 is 0 Å². The van der Waals surface area contributed by atoms with Gasteiger partial charge in [-0.1, -0.05) is 13.3 Å². The number of unbranched alkanes of at least 4 members (excludes halogenated alkanes) is 1. The molecule has 0 atom stereocenters. The van der Waals surface area contributed by atoms with Crippen LogP contribution in [0.5, 0.6) is 0 Å². The molecule has 1 aliphatic heterocycles. The molecule has 3 nitrogen and oxygen atoms in total. The standard InChI is InChI=1S/C8H14N2O/c1-2-3-5-9-7-4-6-10-8(7)11/h4,9H,2-3,5-6H2,1H3,(H,10,11). The lowest BCUT2D eigenvalue weighted by atomic mass is 10.3. The maximum Gasteiger partial charge on any atom is 0.267 e. The Bertz CT molecular complexity index is 175. The van der Waals surface area contributed by atoms with Gasteiger partial charge < -0.3 is 10.6 Å². The average Bonchev–Trinajstić information content (AvgIpc) is 2.37. The molecule has 0 spiro atoms. The number of rotatable bonds is 4. The highest BCUT2D eigenvalue weighted by molar-refractivity contribution is 5.95. The van der Waals surface area contributed by atoms with Crippen molar-refractivity contribution >= 4 is 5.91 Å². The highest BCUT2D eigenvalue weighted by atomic mass is 16.2. The van der Waals surface area contributed by atoms with Gasteiger partial charge in [0.15, 0.2) is 0 Å². The third-order valence-corrected chi connectivity index (χ3v) is 1.66. The van der Waals surface area contributed by atoms with E-state index in [0.717, 1.165) is 25.1 Å². The van der Waals surface area contributed by atoms with E-state index in [9.17, 15) is 4.79 Å². The number of carbonyl (C=O) groups is 1. The van der Waals surface area contributed by atoms with Crippen molar-refractivity contribution in [1.29, 1.82) is 0 Å². The van der Waals surface area contributed by atoms with E-state index in [-0.39, 0.29) is 5.91 Å². The molecular weight excluding hydrogens is 140 g/mol. The van der Waals surface area contributed by atoms with Crippen LogP contribution in [0.1, 0.15) is 19.8 Å². The van der Waals surface area contributed by atoms with Gasteiger partial charge in [-0.2, -0.15) is 0 Å². The lowest BCUT2D eigenvalue weighted by molar-refractivity contribution is -0.117. The van der Waals surface area contributed by atoms with E-state index < -0.39 is 0 Å². The molecule has 0 radical (unpaired) electrons. The maximum absolute atomic E-state index is 10.9. The van der Waals surface area contributed by atoms with E-state index in [4.69, 9.17) is 0 Å². The van der Waals surface area contributed by atoms with E-state index in [2.05, 4.69) is 17.6 Å². The Morgan fingerprint density at radius 1 is 1.73 bits per heavy atom. The zero-order valence-corrected chi connectivity index (χ0v) is 6.81. The van der Waals surface area contributed by atoms with Crippen LogP contribution in [0.25, 0.3) is 0 Å². The summed E-state index contributed by atoms with van der Waals surface area (Å²) in [6.45, 7) is 3.70. The van der Waals surface area contributed by atoms with Gasteiger partial charge in [-0.15, -0.1) is 0 Å². The monoisotopic (exact) mass is 154 g/mol. The highest BCUT2D eigenvalue weighted by Gasteiger charge is 2.12. The minimum atomic E-state index is 0.0288. The Labute approximate surface area is 66.9 Å². The topological polar surface area (TPSA) is 41.1 Å². The molecular formula is C8H14N2O. The molecule has 0 aromatic rings. The van der Waals surface area contributed by atoms with Crippen molar-refractivity contribution in [1.82, 2.24) is 10.6 Å². The fourth-order valence-corrected chi connectivity index (χ4v) is 0.986. The summed E-state index contributed by atoms with van der Waals surface area (Å²) in [5.41, 5.74) is 0.735. The van der Waals surface area contributed by atoms with Crippen LogP contribution in [-0.4, -0.2) is 19.0 Å². The Morgan fingerprint density at radius 3 is 3.09 bits per heavy atom. The summed E-state index contributed by atoms with van der Waals surface area (Å²) in [5.74, 6) is 0.0288. The predicted octanol–water partition coefficient (Wildman–Crippen LogP) is 0.390. The summed E-state index contributed by atoms with van der Waals surface area (Å²) >= 11 is 0. The normalized spacial score (nSPS) is 16.1. The molecule has 3 heteroatoms. The van der Waals surface area contributed by atoms with Crippen molar-refractivity contribution in [3.63, 3.8) is 0 Å². The van der Waals surface area contributed by atoms with Crippen molar-refractivity contribution in [3.05, 3.63) is 11.8 Å². The van der Waals surface area contributed by atoms with Gasteiger partial charge in [0, 0.05) is 13.1 Å². The largest absolute Gasteiger partial charge is 0.381 e. The van der Waals surface area contributed by atoms with Gasteiger partial charge in [0.25, 0.3) is 5.91 Å². The third-order valence-electron chi connectivity index (χ3n) is 1.66. The number of carbonyl (C=O) groups excluding carboxylic acids is 1. The van der Waals surface area contributed by atoms with Crippen molar-refractivity contribution in [2.75, 3.05) is 13.1 Å². The van der Waals surface area contributed by atoms with E-state index in [1.54, 1.807) is 0 Å². The molecule has 1 amide bonds. The van der Waals surface area contributed by atoms with Crippen LogP contribution >= 0.6 is 0 Å². The molecule has 0 saturated heterocycles. The molecule has 0 saturated carbocycles. The first-order chi connectivity index (χ1) is 5.34. The van der Waals surface area contributed by atoms with Crippen LogP contribution in [0, 0.1) is 0 Å². The van der Waals surface area contributed by atoms with E-state index in [1.807, 2.05) is 6.08 Å². The summed E-state index contributed by atoms with van der Waals surface area (Å²) < 4.78 is 0. The van der Waals surface area contributed by atoms with E-state index >= 15 is 0 Å². The summed E-state index contributed by atoms with van der Waals surface area (Å²) in [7, 11) is 0. The van der Waals surface area contributed by atoms with Crippen LogP contribution in [0.4, 0.5) is 0 Å². The van der Waals surface area contributed by atoms with Gasteiger partial charge in [0.2, 0.25) is 0 Å². The van der Waals surface area contributed by atoms with Gasteiger partial charge in [-0.05, 0) is 12.5 Å². The second-order valence-corrected chi connectivity index (χ2v) is 2.61. The summed E-state index contributed by atoms with van der Waals surface area (Å²) in [6.07, 6.45) is 4.16. The van der Waals surface area contributed by atoms with Crippen molar-refractivity contribution in [3.8, 4) is 0 Å². The van der Waals surface area contributed by atoms with Gasteiger partial charge in [-0.3, -0.25) is 4.79 Å². The molecule has 1 rings (SSSR count). The van der Waals surface area contributed by atoms with Crippen LogP contribution in [0.15, 0.2) is 11.8 Å². The van der Waals surface area contributed by atoms with Crippen LogP contribution in [-0.2, 0) is 4.79 Å². The number of amides is 1. The second kappa shape index (κ2) is 4.01. The van der Waals surface area contributed by atoms with E-state index in [0.29, 0.717) is 6.54 Å². The van der Waals surface area contributed by atoms with Gasteiger partial charge in [0.1, 0.15) is 0 Å². The quantitative estimate of drug-likeness (QED) is 0.575. The smallest absolute Gasteiger partial charge is 0.267 e. The van der Waals surface area contributed by atoms with Crippen molar-refractivity contribution < 1.29 is 4.79 Å². The van der Waals surface area contributed by atoms with Crippen LogP contribution in [0.3, 0.4) is 0 Å². The van der Waals surface area contributed by atoms with Gasteiger partial charge in [-0.25, -0.2) is 0 Å². The Balaban J connectivity index is 2.20. The molecule has 2 N–H and O–H groups in total. The summed E-state index contributed by atoms with van der Waals surface area (Å²) in [6, 6.07) is 0. The number of nitrogens with one attached hydrogen (secondary N) is 2. The van der Waals surface area contributed by atoms with E-state index in [1.165, 1.54) is 0 Å². The lowest BCUT2D eigenvalue weighted by Gasteiger charge is -2.03. The molecule has 0 aliphatic carbocycles. The Kier molecular flexibility index (Phi) is 2.95. The van der Waals surface area contributed by atoms with Crippen LogP contribution in [0.2, 0.25) is 0 Å². The highest BCUT2D eigenvalue weighted by Crippen LogP contribution is 1.96. The molecule has 0 unspecified atom stereocenters. The SMILES string of the molecule is CCCCNC1=CCNC1=O. The first-order valence-corrected chi connectivity index (χ1v) is 4.07. The molecule has 0 bridgehead atoms. The molecule has 1 aliphatic rings. The third kappa shape index (κ3) is 2.26. The van der Waals surface area contributed by atoms with Crippen molar-refractivity contribution in [2.45, 2.75) is 19.8 Å². The molecule has 62 valence electrons. The fourth-order valence-electron chi connectivity index (χ4n) is 0.986. The maximum atomic E-state index is 10.9. The number of hydrogen-bond acceptors (Lipinski definition) is 2. The minimum Gasteiger partial charge on any atom is -0.381 e. The first kappa shape index (κ1) is 8.11. The Hall–Kier alpha value is -0.990. The van der Waals surface area contributed by atoms with Gasteiger partial charge in [0.05, 0.1) is 5.70 Å². The lowest BCUT2D eigenvalue weighted by Crippen LogP contribution is -2.25. The molecule has 11 heavy (non-hydrogen) atoms. The zero-order valence-electron chi connectivity index (χ0n) is 6.81. The Morgan fingerprint density at radius 2 is 2.55 bits per heavy atom. The average molecular weight is 154 g/mol. The summed E-state index contributed by atoms with van der Waals surface area (Å²) in [4.78, 5) is 10.9. The van der Waals surface area contributed by atoms with Crippen LogP contribution < -0.4 is 10.6 Å². The number of hydrogen-bond donors (Lipinski definition) is 2. The predicted molar refractivity (Wildman–Crippen MR) is 44.0 cm³/mol.